The van der Waals surface area contributed by atoms with Crippen LogP contribution in [0.15, 0.2) is 5.10 Å². The van der Waals surface area contributed by atoms with E-state index in [-0.39, 0.29) is 17.4 Å². The topological polar surface area (TPSA) is 53.9 Å². The average Bonchev–Trinajstić information content (AvgIpc) is 2.72. The molecule has 1 saturated carbocycles. The summed E-state index contributed by atoms with van der Waals surface area (Å²) in [7, 11) is 0. The third-order valence-corrected chi connectivity index (χ3v) is 4.13. The zero-order valence-electron chi connectivity index (χ0n) is 11.1. The van der Waals surface area contributed by atoms with E-state index in [2.05, 4.69) is 29.3 Å². The molecule has 0 bridgehead atoms. The Morgan fingerprint density at radius 2 is 2.11 bits per heavy atom. The van der Waals surface area contributed by atoms with Crippen LogP contribution in [0.4, 0.5) is 0 Å². The molecule has 3 rings (SSSR count). The minimum Gasteiger partial charge on any atom is -0.378 e. The third kappa shape index (κ3) is 2.00. The largest absolute Gasteiger partial charge is 0.378 e. The summed E-state index contributed by atoms with van der Waals surface area (Å²) in [4.78, 5) is 14.6. The van der Waals surface area contributed by atoms with Gasteiger partial charge in [-0.15, -0.1) is 0 Å². The molecule has 0 spiro atoms. The fourth-order valence-corrected chi connectivity index (χ4v) is 3.31. The van der Waals surface area contributed by atoms with Crippen LogP contribution < -0.4 is 5.43 Å². The smallest absolute Gasteiger partial charge is 0.146 e. The van der Waals surface area contributed by atoms with Gasteiger partial charge >= 0.3 is 0 Å². The Bertz CT molecular complexity index is 386. The summed E-state index contributed by atoms with van der Waals surface area (Å²) in [5, 5.41) is 4.44. The molecule has 0 radical (unpaired) electrons. The van der Waals surface area contributed by atoms with E-state index in [0.717, 1.165) is 38.6 Å². The summed E-state index contributed by atoms with van der Waals surface area (Å²) in [5.74, 6) is 1.26. The number of hydrogen-bond acceptors (Lipinski definition) is 5. The van der Waals surface area contributed by atoms with E-state index in [1.165, 1.54) is 0 Å². The van der Waals surface area contributed by atoms with Crippen LogP contribution in [0.25, 0.3) is 0 Å². The van der Waals surface area contributed by atoms with E-state index in [1.807, 2.05) is 0 Å². The second kappa shape index (κ2) is 4.23. The van der Waals surface area contributed by atoms with Gasteiger partial charge in [-0.3, -0.25) is 4.79 Å². The molecular weight excluding hydrogens is 230 g/mol. The lowest BCUT2D eigenvalue weighted by molar-refractivity contribution is -0.126. The van der Waals surface area contributed by atoms with Crippen LogP contribution >= 0.6 is 0 Å². The Morgan fingerprint density at radius 1 is 1.39 bits per heavy atom. The van der Waals surface area contributed by atoms with E-state index in [1.54, 1.807) is 0 Å². The lowest BCUT2D eigenvalue weighted by Gasteiger charge is -2.38. The van der Waals surface area contributed by atoms with Crippen LogP contribution in [-0.2, 0) is 9.53 Å². The number of Topliss-reactive ketones (excluding diaryl/α,β-unsaturated/α-hetero) is 1. The van der Waals surface area contributed by atoms with Gasteiger partial charge in [-0.25, -0.2) is 0 Å². The first-order valence-electron chi connectivity index (χ1n) is 6.75. The molecule has 3 aliphatic rings. The lowest BCUT2D eigenvalue weighted by atomic mass is 9.69. The maximum Gasteiger partial charge on any atom is 0.146 e. The zero-order chi connectivity index (χ0) is 12.8. The van der Waals surface area contributed by atoms with Crippen LogP contribution in [0.1, 0.15) is 26.7 Å². The predicted molar refractivity (Wildman–Crippen MR) is 68.3 cm³/mol. The zero-order valence-corrected chi connectivity index (χ0v) is 11.1. The predicted octanol–water partition coefficient (Wildman–Crippen LogP) is 0.609. The Labute approximate surface area is 108 Å². The maximum absolute atomic E-state index is 12.4. The Balaban J connectivity index is 1.77. The SMILES string of the molecule is CC1(C)CC(=O)[C@H]2C(N3CCOCC3)=NN[C@H]2C1. The second-order valence-electron chi connectivity index (χ2n) is 6.29. The highest BCUT2D eigenvalue weighted by atomic mass is 16.5. The molecule has 2 heterocycles. The molecular formula is C13H21N3O2. The van der Waals surface area contributed by atoms with Crippen molar-refractivity contribution in [2.45, 2.75) is 32.7 Å². The van der Waals surface area contributed by atoms with Crippen molar-refractivity contribution in [1.29, 1.82) is 0 Å². The molecule has 100 valence electrons. The number of hydrazone groups is 1. The molecule has 5 heteroatoms. The monoisotopic (exact) mass is 251 g/mol. The first-order chi connectivity index (χ1) is 8.57. The Morgan fingerprint density at radius 3 is 2.83 bits per heavy atom. The number of nitrogens with one attached hydrogen (secondary N) is 1. The molecule has 1 N–H and O–H groups in total. The molecule has 1 saturated heterocycles. The molecule has 2 atom stereocenters. The first-order valence-corrected chi connectivity index (χ1v) is 6.75. The first kappa shape index (κ1) is 12.0. The van der Waals surface area contributed by atoms with Gasteiger partial charge in [0.1, 0.15) is 11.6 Å². The highest BCUT2D eigenvalue weighted by Gasteiger charge is 2.47. The van der Waals surface area contributed by atoms with Gasteiger partial charge in [-0.05, 0) is 11.8 Å². The van der Waals surface area contributed by atoms with Gasteiger partial charge in [0.2, 0.25) is 0 Å². The van der Waals surface area contributed by atoms with E-state index in [9.17, 15) is 4.79 Å². The van der Waals surface area contributed by atoms with Gasteiger partial charge < -0.3 is 15.1 Å². The van der Waals surface area contributed by atoms with E-state index in [4.69, 9.17) is 4.74 Å². The molecule has 5 nitrogen and oxygen atoms in total. The van der Waals surface area contributed by atoms with Crippen LogP contribution in [0.5, 0.6) is 0 Å². The molecule has 0 aromatic carbocycles. The highest BCUT2D eigenvalue weighted by Crippen LogP contribution is 2.39. The second-order valence-corrected chi connectivity index (χ2v) is 6.29. The number of rotatable bonds is 0. The minimum atomic E-state index is -0.0314. The van der Waals surface area contributed by atoms with Crippen molar-refractivity contribution in [2.75, 3.05) is 26.3 Å². The number of amidine groups is 1. The molecule has 2 fully saturated rings. The fraction of sp³-hybridized carbons (Fsp3) is 0.846. The van der Waals surface area contributed by atoms with Gasteiger partial charge in [0, 0.05) is 19.5 Å². The van der Waals surface area contributed by atoms with Crippen molar-refractivity contribution in [3.05, 3.63) is 0 Å². The summed E-state index contributed by atoms with van der Waals surface area (Å²) in [6.45, 7) is 7.48. The summed E-state index contributed by atoms with van der Waals surface area (Å²) >= 11 is 0. The van der Waals surface area contributed by atoms with Crippen molar-refractivity contribution >= 4 is 11.6 Å². The van der Waals surface area contributed by atoms with Crippen molar-refractivity contribution in [1.82, 2.24) is 10.3 Å². The van der Waals surface area contributed by atoms with Gasteiger partial charge in [0.25, 0.3) is 0 Å². The minimum absolute atomic E-state index is 0.0314. The highest BCUT2D eigenvalue weighted by molar-refractivity contribution is 6.06. The number of carbonyl (C=O) groups excluding carboxylic acids is 1. The number of hydrogen-bond donors (Lipinski definition) is 1. The number of nitrogens with zero attached hydrogens (tertiary/aromatic N) is 2. The number of fused-ring (bicyclic) bond motifs is 1. The van der Waals surface area contributed by atoms with Gasteiger partial charge in [0.05, 0.1) is 25.2 Å². The maximum atomic E-state index is 12.4. The molecule has 2 aliphatic heterocycles. The molecule has 0 amide bonds. The van der Waals surface area contributed by atoms with Crippen molar-refractivity contribution < 1.29 is 9.53 Å². The van der Waals surface area contributed by atoms with Crippen molar-refractivity contribution in [3.63, 3.8) is 0 Å². The molecule has 0 aromatic heterocycles. The number of ether oxygens (including phenoxy) is 1. The van der Waals surface area contributed by atoms with Crippen LogP contribution in [-0.4, -0.2) is 48.9 Å². The standard InChI is InChI=1S/C13H21N3O2/c1-13(2)7-9-11(10(17)8-13)12(15-14-9)16-3-5-18-6-4-16/h9,11,14H,3-8H2,1-2H3/t9-,11-/m0/s1. The van der Waals surface area contributed by atoms with Crippen LogP contribution in [0.3, 0.4) is 0 Å². The number of carbonyl (C=O) groups is 1. The van der Waals surface area contributed by atoms with Gasteiger partial charge in [-0.1, -0.05) is 13.8 Å². The van der Waals surface area contributed by atoms with Crippen molar-refractivity contribution in [3.8, 4) is 0 Å². The van der Waals surface area contributed by atoms with E-state index < -0.39 is 0 Å². The molecule has 0 unspecified atom stereocenters. The Hall–Kier alpha value is -1.10. The van der Waals surface area contributed by atoms with Crippen molar-refractivity contribution in [2.24, 2.45) is 16.4 Å². The quantitative estimate of drug-likeness (QED) is 0.685. The van der Waals surface area contributed by atoms with E-state index >= 15 is 0 Å². The number of ketones is 1. The van der Waals surface area contributed by atoms with Crippen LogP contribution in [0.2, 0.25) is 0 Å². The molecule has 18 heavy (non-hydrogen) atoms. The average molecular weight is 251 g/mol. The summed E-state index contributed by atoms with van der Waals surface area (Å²) in [6.07, 6.45) is 1.68. The Kier molecular flexibility index (Phi) is 2.81. The fourth-order valence-electron chi connectivity index (χ4n) is 3.31. The molecule has 1 aliphatic carbocycles. The number of morpholine rings is 1. The molecule has 0 aromatic rings. The summed E-state index contributed by atoms with van der Waals surface area (Å²) in [6, 6.07) is 0.194. The third-order valence-electron chi connectivity index (χ3n) is 4.13. The van der Waals surface area contributed by atoms with Gasteiger partial charge in [0.15, 0.2) is 0 Å². The summed E-state index contributed by atoms with van der Waals surface area (Å²) in [5.41, 5.74) is 3.28. The summed E-state index contributed by atoms with van der Waals surface area (Å²) < 4.78 is 5.35. The lowest BCUT2D eigenvalue weighted by Crippen LogP contribution is -2.51. The van der Waals surface area contributed by atoms with Gasteiger partial charge in [-0.2, -0.15) is 5.10 Å². The normalized spacial score (nSPS) is 34.9. The van der Waals surface area contributed by atoms with E-state index in [0.29, 0.717) is 12.2 Å². The van der Waals surface area contributed by atoms with Crippen LogP contribution in [0, 0.1) is 11.3 Å².